The third kappa shape index (κ3) is 2.73. The second-order valence-electron chi connectivity index (χ2n) is 5.02. The van der Waals surface area contributed by atoms with Crippen LogP contribution in [-0.2, 0) is 6.54 Å². The van der Waals surface area contributed by atoms with Crippen LogP contribution in [0.15, 0.2) is 6.20 Å². The third-order valence-corrected chi connectivity index (χ3v) is 4.25. The number of hydrogen-bond acceptors (Lipinski definition) is 7. The maximum Gasteiger partial charge on any atom is 0.148 e. The van der Waals surface area contributed by atoms with Crippen molar-refractivity contribution in [1.29, 1.82) is 0 Å². The molecule has 2 aromatic heterocycles. The van der Waals surface area contributed by atoms with Gasteiger partial charge < -0.3 is 10.7 Å². The standard InChI is InChI=1S/C13H18N6S/c1-7-11(16-6-10-5-15-8(2)20-10)17-13(9-3-4-9)18-12(7)19-14/h5,9H,3-4,6,14H2,1-2H3,(H2,16,17,18,19). The molecule has 2 aromatic rings. The first-order chi connectivity index (χ1) is 9.67. The second kappa shape index (κ2) is 5.34. The first-order valence-corrected chi connectivity index (χ1v) is 7.49. The van der Waals surface area contributed by atoms with Crippen LogP contribution in [0.25, 0.3) is 0 Å². The van der Waals surface area contributed by atoms with Gasteiger partial charge in [0, 0.05) is 22.6 Å². The van der Waals surface area contributed by atoms with E-state index < -0.39 is 0 Å². The number of aryl methyl sites for hydroxylation is 1. The number of nitrogen functional groups attached to an aromatic ring is 1. The molecule has 0 aliphatic heterocycles. The van der Waals surface area contributed by atoms with E-state index in [1.807, 2.05) is 20.0 Å². The van der Waals surface area contributed by atoms with Crippen LogP contribution in [0.5, 0.6) is 0 Å². The quantitative estimate of drug-likeness (QED) is 0.578. The Kier molecular flexibility index (Phi) is 3.54. The molecule has 1 aliphatic rings. The Bertz CT molecular complexity index is 619. The van der Waals surface area contributed by atoms with E-state index in [9.17, 15) is 0 Å². The van der Waals surface area contributed by atoms with Gasteiger partial charge in [-0.3, -0.25) is 0 Å². The maximum absolute atomic E-state index is 5.54. The van der Waals surface area contributed by atoms with Gasteiger partial charge in [-0.25, -0.2) is 20.8 Å². The lowest BCUT2D eigenvalue weighted by atomic mass is 10.3. The molecule has 6 nitrogen and oxygen atoms in total. The van der Waals surface area contributed by atoms with Crippen LogP contribution in [0.1, 0.15) is 40.0 Å². The number of nitrogens with one attached hydrogen (secondary N) is 2. The molecule has 7 heteroatoms. The molecule has 0 aromatic carbocycles. The number of thiazole rings is 1. The molecule has 20 heavy (non-hydrogen) atoms. The summed E-state index contributed by atoms with van der Waals surface area (Å²) < 4.78 is 0. The fraction of sp³-hybridized carbons (Fsp3) is 0.462. The minimum Gasteiger partial charge on any atom is -0.365 e. The molecule has 1 fully saturated rings. The van der Waals surface area contributed by atoms with Gasteiger partial charge in [0.25, 0.3) is 0 Å². The molecule has 1 saturated carbocycles. The number of nitrogens with two attached hydrogens (primary N) is 1. The molecular formula is C13H18N6S. The fourth-order valence-electron chi connectivity index (χ4n) is 2.03. The summed E-state index contributed by atoms with van der Waals surface area (Å²) in [5, 5.41) is 4.44. The van der Waals surface area contributed by atoms with Crippen molar-refractivity contribution < 1.29 is 0 Å². The van der Waals surface area contributed by atoms with Crippen LogP contribution in [0.4, 0.5) is 11.6 Å². The van der Waals surface area contributed by atoms with Crippen LogP contribution >= 0.6 is 11.3 Å². The van der Waals surface area contributed by atoms with Crippen molar-refractivity contribution >= 4 is 23.0 Å². The van der Waals surface area contributed by atoms with Crippen molar-refractivity contribution in [3.63, 3.8) is 0 Å². The van der Waals surface area contributed by atoms with Crippen LogP contribution in [0.3, 0.4) is 0 Å². The summed E-state index contributed by atoms with van der Waals surface area (Å²) in [6.07, 6.45) is 4.23. The van der Waals surface area contributed by atoms with E-state index in [-0.39, 0.29) is 0 Å². The van der Waals surface area contributed by atoms with Gasteiger partial charge >= 0.3 is 0 Å². The predicted octanol–water partition coefficient (Wildman–Crippen LogP) is 2.33. The van der Waals surface area contributed by atoms with E-state index in [1.54, 1.807) is 11.3 Å². The molecule has 0 atom stereocenters. The zero-order valence-corrected chi connectivity index (χ0v) is 12.4. The van der Waals surface area contributed by atoms with Crippen LogP contribution in [0, 0.1) is 13.8 Å². The first kappa shape index (κ1) is 13.3. The largest absolute Gasteiger partial charge is 0.365 e. The Morgan fingerprint density at radius 1 is 1.30 bits per heavy atom. The molecule has 0 unspecified atom stereocenters. The van der Waals surface area contributed by atoms with E-state index in [0.29, 0.717) is 11.7 Å². The number of nitrogens with zero attached hydrogens (tertiary/aromatic N) is 3. The number of rotatable bonds is 5. The van der Waals surface area contributed by atoms with E-state index >= 15 is 0 Å². The van der Waals surface area contributed by atoms with Crippen molar-refractivity contribution in [3.8, 4) is 0 Å². The van der Waals surface area contributed by atoms with Crippen molar-refractivity contribution in [2.45, 2.75) is 39.2 Å². The summed E-state index contributed by atoms with van der Waals surface area (Å²) in [5.41, 5.74) is 3.60. The van der Waals surface area contributed by atoms with Crippen molar-refractivity contribution in [2.75, 3.05) is 10.7 Å². The van der Waals surface area contributed by atoms with Gasteiger partial charge in [-0.1, -0.05) is 0 Å². The number of aromatic nitrogens is 3. The predicted molar refractivity (Wildman–Crippen MR) is 80.7 cm³/mol. The number of hydrazine groups is 1. The Balaban J connectivity index is 1.81. The SMILES string of the molecule is Cc1ncc(CNc2nc(C3CC3)nc(NN)c2C)s1. The summed E-state index contributed by atoms with van der Waals surface area (Å²) in [6.45, 7) is 4.69. The summed E-state index contributed by atoms with van der Waals surface area (Å²) in [6, 6.07) is 0. The molecule has 0 amide bonds. The smallest absolute Gasteiger partial charge is 0.148 e. The molecule has 2 heterocycles. The van der Waals surface area contributed by atoms with Crippen molar-refractivity contribution in [1.82, 2.24) is 15.0 Å². The molecule has 0 radical (unpaired) electrons. The minimum atomic E-state index is 0.494. The lowest BCUT2D eigenvalue weighted by Crippen LogP contribution is -2.14. The molecule has 4 N–H and O–H groups in total. The Hall–Kier alpha value is -1.73. The molecule has 0 bridgehead atoms. The highest BCUT2D eigenvalue weighted by Gasteiger charge is 2.28. The zero-order valence-electron chi connectivity index (χ0n) is 11.6. The van der Waals surface area contributed by atoms with Gasteiger partial charge in [0.05, 0.1) is 11.6 Å². The Morgan fingerprint density at radius 2 is 2.05 bits per heavy atom. The monoisotopic (exact) mass is 290 g/mol. The van der Waals surface area contributed by atoms with Gasteiger partial charge in [0.2, 0.25) is 0 Å². The number of hydrogen-bond donors (Lipinski definition) is 3. The second-order valence-corrected chi connectivity index (χ2v) is 6.34. The highest BCUT2D eigenvalue weighted by Crippen LogP contribution is 2.39. The van der Waals surface area contributed by atoms with Gasteiger partial charge in [-0.15, -0.1) is 11.3 Å². The first-order valence-electron chi connectivity index (χ1n) is 6.67. The Labute approximate surface area is 121 Å². The molecule has 3 rings (SSSR count). The summed E-state index contributed by atoms with van der Waals surface area (Å²) >= 11 is 1.69. The normalized spacial score (nSPS) is 14.3. The Morgan fingerprint density at radius 3 is 2.65 bits per heavy atom. The van der Waals surface area contributed by atoms with Gasteiger partial charge in [-0.2, -0.15) is 0 Å². The molecular weight excluding hydrogens is 272 g/mol. The van der Waals surface area contributed by atoms with Gasteiger partial charge in [-0.05, 0) is 26.7 Å². The molecule has 106 valence electrons. The molecule has 0 spiro atoms. The van der Waals surface area contributed by atoms with E-state index in [0.717, 1.165) is 28.8 Å². The summed E-state index contributed by atoms with van der Waals surface area (Å²) in [4.78, 5) is 14.6. The average molecular weight is 290 g/mol. The van der Waals surface area contributed by atoms with Crippen LogP contribution in [-0.4, -0.2) is 15.0 Å². The highest BCUT2D eigenvalue weighted by atomic mass is 32.1. The lowest BCUT2D eigenvalue weighted by Gasteiger charge is -2.12. The highest BCUT2D eigenvalue weighted by molar-refractivity contribution is 7.11. The van der Waals surface area contributed by atoms with Crippen LogP contribution < -0.4 is 16.6 Å². The van der Waals surface area contributed by atoms with E-state index in [1.165, 1.54) is 17.7 Å². The van der Waals surface area contributed by atoms with Crippen molar-refractivity contribution in [3.05, 3.63) is 27.5 Å². The third-order valence-electron chi connectivity index (χ3n) is 3.34. The minimum absolute atomic E-state index is 0.494. The lowest BCUT2D eigenvalue weighted by molar-refractivity contribution is 0.911. The van der Waals surface area contributed by atoms with E-state index in [4.69, 9.17) is 5.84 Å². The van der Waals surface area contributed by atoms with Crippen LogP contribution in [0.2, 0.25) is 0 Å². The van der Waals surface area contributed by atoms with E-state index in [2.05, 4.69) is 25.7 Å². The average Bonchev–Trinajstić information content (AvgIpc) is 3.21. The molecule has 1 aliphatic carbocycles. The van der Waals surface area contributed by atoms with Crippen molar-refractivity contribution in [2.24, 2.45) is 5.84 Å². The van der Waals surface area contributed by atoms with Gasteiger partial charge in [0.1, 0.15) is 17.5 Å². The molecule has 0 saturated heterocycles. The summed E-state index contributed by atoms with van der Waals surface area (Å²) in [5.74, 6) is 8.47. The fourth-order valence-corrected chi connectivity index (χ4v) is 2.76. The maximum atomic E-state index is 5.54. The number of anilines is 2. The summed E-state index contributed by atoms with van der Waals surface area (Å²) in [7, 11) is 0. The zero-order chi connectivity index (χ0) is 14.1. The topological polar surface area (TPSA) is 88.8 Å². The van der Waals surface area contributed by atoms with Gasteiger partial charge in [0.15, 0.2) is 0 Å².